The zero-order valence-corrected chi connectivity index (χ0v) is 15.3. The van der Waals surface area contributed by atoms with Crippen molar-refractivity contribution in [2.24, 2.45) is 5.41 Å². The number of ketones is 1. The molecule has 0 unspecified atom stereocenters. The van der Waals surface area contributed by atoms with Crippen LogP contribution in [0.1, 0.15) is 44.0 Å². The molecule has 1 aromatic rings. The van der Waals surface area contributed by atoms with Gasteiger partial charge in [0.2, 0.25) is 0 Å². The lowest BCUT2D eigenvalue weighted by Gasteiger charge is -2.39. The molecule has 4 heteroatoms. The Labute approximate surface area is 152 Å². The van der Waals surface area contributed by atoms with Crippen molar-refractivity contribution < 1.29 is 19.4 Å². The van der Waals surface area contributed by atoms with Gasteiger partial charge in [0.05, 0.1) is 5.56 Å². The molecule has 1 saturated carbocycles. The first-order valence-electron chi connectivity index (χ1n) is 8.92. The molecule has 0 saturated heterocycles. The molecule has 1 atom stereocenters. The smallest absolute Gasteiger partial charge is 0.338 e. The molecule has 4 rings (SSSR count). The van der Waals surface area contributed by atoms with Crippen molar-refractivity contribution in [1.82, 2.24) is 0 Å². The Morgan fingerprint density at radius 3 is 2.46 bits per heavy atom. The highest BCUT2D eigenvalue weighted by molar-refractivity contribution is 6.10. The zero-order valence-electron chi connectivity index (χ0n) is 15.3. The van der Waals surface area contributed by atoms with Gasteiger partial charge >= 0.3 is 5.97 Å². The summed E-state index contributed by atoms with van der Waals surface area (Å²) >= 11 is 0. The first-order chi connectivity index (χ1) is 12.3. The number of Topliss-reactive ketones (excluding diaryl/α,β-unsaturated/α-hetero) is 1. The molecule has 0 radical (unpaired) electrons. The van der Waals surface area contributed by atoms with Gasteiger partial charge in [-0.05, 0) is 63.0 Å². The van der Waals surface area contributed by atoms with Gasteiger partial charge in [-0.2, -0.15) is 0 Å². The van der Waals surface area contributed by atoms with Gasteiger partial charge in [0.15, 0.2) is 5.78 Å². The number of ether oxygens (including phenoxy) is 1. The second kappa shape index (κ2) is 5.52. The maximum absolute atomic E-state index is 12.9. The van der Waals surface area contributed by atoms with E-state index in [1.165, 1.54) is 0 Å². The molecular formula is C22H22O4. The molecule has 3 aliphatic rings. The minimum Gasteiger partial charge on any atom is -0.457 e. The molecule has 4 nitrogen and oxygen atoms in total. The number of esters is 1. The van der Waals surface area contributed by atoms with Crippen molar-refractivity contribution in [2.45, 2.75) is 39.2 Å². The summed E-state index contributed by atoms with van der Waals surface area (Å²) in [5.74, 6) is -0.604. The van der Waals surface area contributed by atoms with Crippen LogP contribution in [0.15, 0.2) is 64.3 Å². The molecule has 26 heavy (non-hydrogen) atoms. The summed E-state index contributed by atoms with van der Waals surface area (Å²) in [5, 5.41) is 10.9. The van der Waals surface area contributed by atoms with Gasteiger partial charge in [0.25, 0.3) is 0 Å². The quantitative estimate of drug-likeness (QED) is 0.847. The molecule has 0 amide bonds. The van der Waals surface area contributed by atoms with E-state index in [0.29, 0.717) is 11.1 Å². The third-order valence-electron chi connectivity index (χ3n) is 6.23. The van der Waals surface area contributed by atoms with Gasteiger partial charge in [-0.3, -0.25) is 4.79 Å². The number of hydrogen-bond donors (Lipinski definition) is 1. The zero-order chi connectivity index (χ0) is 18.7. The van der Waals surface area contributed by atoms with Crippen molar-refractivity contribution in [2.75, 3.05) is 6.61 Å². The third kappa shape index (κ3) is 2.18. The first kappa shape index (κ1) is 17.0. The van der Waals surface area contributed by atoms with E-state index in [-0.39, 0.29) is 18.4 Å². The number of carbonyl (C=O) groups is 2. The van der Waals surface area contributed by atoms with Crippen LogP contribution in [0, 0.1) is 5.41 Å². The number of carbonyl (C=O) groups excluding carboxylic acids is 2. The minimum atomic E-state index is -1.36. The van der Waals surface area contributed by atoms with Crippen molar-refractivity contribution in [1.29, 1.82) is 0 Å². The normalized spacial score (nSPS) is 26.2. The van der Waals surface area contributed by atoms with E-state index < -0.39 is 11.0 Å². The van der Waals surface area contributed by atoms with E-state index in [0.717, 1.165) is 35.1 Å². The highest BCUT2D eigenvalue weighted by atomic mass is 16.5. The van der Waals surface area contributed by atoms with Crippen molar-refractivity contribution >= 4 is 11.8 Å². The van der Waals surface area contributed by atoms with E-state index in [4.69, 9.17) is 4.74 Å². The van der Waals surface area contributed by atoms with Crippen molar-refractivity contribution in [3.63, 3.8) is 0 Å². The Hall–Kier alpha value is -2.46. The van der Waals surface area contributed by atoms with Crippen molar-refractivity contribution in [3.8, 4) is 0 Å². The summed E-state index contributed by atoms with van der Waals surface area (Å²) in [5.41, 5.74) is 2.93. The average molecular weight is 350 g/mol. The summed E-state index contributed by atoms with van der Waals surface area (Å²) in [6, 6.07) is 8.86. The topological polar surface area (TPSA) is 63.6 Å². The Kier molecular flexibility index (Phi) is 3.60. The van der Waals surface area contributed by atoms with Crippen LogP contribution in [0.5, 0.6) is 0 Å². The Bertz CT molecular complexity index is 909. The number of allylic oxidation sites excluding steroid dienone is 2. The highest BCUT2D eigenvalue weighted by Gasteiger charge is 2.65. The van der Waals surface area contributed by atoms with Crippen LogP contribution >= 0.6 is 0 Å². The molecule has 1 spiro atoms. The monoisotopic (exact) mass is 350 g/mol. The molecular weight excluding hydrogens is 328 g/mol. The van der Waals surface area contributed by atoms with Crippen LogP contribution in [0.3, 0.4) is 0 Å². The van der Waals surface area contributed by atoms with E-state index >= 15 is 0 Å². The Balaban J connectivity index is 1.64. The van der Waals surface area contributed by atoms with E-state index in [1.54, 1.807) is 31.2 Å². The van der Waals surface area contributed by atoms with E-state index in [1.807, 2.05) is 26.0 Å². The fourth-order valence-corrected chi connectivity index (χ4v) is 4.39. The molecule has 3 aliphatic carbocycles. The highest BCUT2D eigenvalue weighted by Crippen LogP contribution is 2.64. The molecule has 134 valence electrons. The maximum atomic E-state index is 12.9. The molecule has 1 N–H and O–H groups in total. The van der Waals surface area contributed by atoms with Gasteiger partial charge in [0.1, 0.15) is 12.2 Å². The Morgan fingerprint density at radius 2 is 1.85 bits per heavy atom. The molecule has 0 aliphatic heterocycles. The van der Waals surface area contributed by atoms with Crippen LogP contribution in [0.4, 0.5) is 0 Å². The number of rotatable bonds is 3. The number of benzene rings is 1. The van der Waals surface area contributed by atoms with Gasteiger partial charge in [-0.25, -0.2) is 4.79 Å². The number of hydrogen-bond acceptors (Lipinski definition) is 4. The SMILES string of the molecule is CC1=C(COC(=O)c2ccccc2)C2=C(C)C3(CC3)[C@@](C)(O)C(=O)C2=C1. The van der Waals surface area contributed by atoms with Gasteiger partial charge in [-0.1, -0.05) is 23.8 Å². The lowest BCUT2D eigenvalue weighted by molar-refractivity contribution is -0.137. The number of aliphatic hydroxyl groups is 1. The predicted molar refractivity (Wildman–Crippen MR) is 97.5 cm³/mol. The summed E-state index contributed by atoms with van der Waals surface area (Å²) in [4.78, 5) is 25.2. The van der Waals surface area contributed by atoms with Gasteiger partial charge < -0.3 is 9.84 Å². The predicted octanol–water partition coefficient (Wildman–Crippen LogP) is 3.53. The van der Waals surface area contributed by atoms with Gasteiger partial charge in [0, 0.05) is 16.6 Å². The summed E-state index contributed by atoms with van der Waals surface area (Å²) in [6.45, 7) is 5.66. The van der Waals surface area contributed by atoms with E-state index in [9.17, 15) is 14.7 Å². The van der Waals surface area contributed by atoms with Crippen LogP contribution in [0.2, 0.25) is 0 Å². The minimum absolute atomic E-state index is 0.123. The van der Waals surface area contributed by atoms with Crippen LogP contribution < -0.4 is 0 Å². The van der Waals surface area contributed by atoms with Crippen molar-refractivity contribution in [3.05, 3.63) is 69.8 Å². The molecule has 1 fully saturated rings. The first-order valence-corrected chi connectivity index (χ1v) is 8.92. The van der Waals surface area contributed by atoms with Crippen LogP contribution in [0.25, 0.3) is 0 Å². The molecule has 0 heterocycles. The van der Waals surface area contributed by atoms with E-state index in [2.05, 4.69) is 0 Å². The molecule has 0 bridgehead atoms. The second-order valence-electron chi connectivity index (χ2n) is 7.65. The van der Waals surface area contributed by atoms with Crippen LogP contribution in [-0.4, -0.2) is 29.1 Å². The number of fused-ring (bicyclic) bond motifs is 1. The van der Waals surface area contributed by atoms with Gasteiger partial charge in [-0.15, -0.1) is 0 Å². The largest absolute Gasteiger partial charge is 0.457 e. The standard InChI is InChI=1S/C22H22O4/c1-13-11-16-18(14(2)22(9-10-22)21(3,25)19(16)23)17(13)12-26-20(24)15-7-5-4-6-8-15/h4-8,11,25H,9-10,12H2,1-3H3/t21-/m0/s1. The second-order valence-corrected chi connectivity index (χ2v) is 7.65. The lowest BCUT2D eigenvalue weighted by atomic mass is 9.67. The third-order valence-corrected chi connectivity index (χ3v) is 6.23. The maximum Gasteiger partial charge on any atom is 0.338 e. The average Bonchev–Trinajstić information content (AvgIpc) is 3.38. The Morgan fingerprint density at radius 1 is 1.19 bits per heavy atom. The molecule has 0 aromatic heterocycles. The lowest BCUT2D eigenvalue weighted by Crippen LogP contribution is -2.49. The van der Waals surface area contributed by atoms with Crippen LogP contribution in [-0.2, 0) is 9.53 Å². The summed E-state index contributed by atoms with van der Waals surface area (Å²) < 4.78 is 5.52. The fraction of sp³-hybridized carbons (Fsp3) is 0.364. The fourth-order valence-electron chi connectivity index (χ4n) is 4.39. The molecule has 1 aromatic carbocycles. The summed E-state index contributed by atoms with van der Waals surface area (Å²) in [7, 11) is 0. The summed E-state index contributed by atoms with van der Waals surface area (Å²) in [6.07, 6.45) is 3.44.